The van der Waals surface area contributed by atoms with Gasteiger partial charge in [-0.2, -0.15) is 21.0 Å². The van der Waals surface area contributed by atoms with Gasteiger partial charge in [0.2, 0.25) is 0 Å². The van der Waals surface area contributed by atoms with E-state index in [0.29, 0.717) is 10.7 Å². The van der Waals surface area contributed by atoms with Crippen molar-refractivity contribution in [3.63, 3.8) is 0 Å². The molecule has 0 aliphatic rings. The van der Waals surface area contributed by atoms with Crippen LogP contribution in [0.5, 0.6) is 0 Å². The van der Waals surface area contributed by atoms with Crippen molar-refractivity contribution in [1.29, 1.82) is 0 Å². The Bertz CT molecular complexity index is 550. The summed E-state index contributed by atoms with van der Waals surface area (Å²) in [6.07, 6.45) is 1.19. The van der Waals surface area contributed by atoms with E-state index in [0.717, 1.165) is 5.56 Å². The highest BCUT2D eigenvalue weighted by molar-refractivity contribution is 8.00. The number of carbonyl (C=O) groups is 2. The Morgan fingerprint density at radius 2 is 1.95 bits per heavy atom. The summed E-state index contributed by atoms with van der Waals surface area (Å²) < 4.78 is 4.76. The highest BCUT2D eigenvalue weighted by atomic mass is 32.2. The minimum atomic E-state index is -1.09. The molecule has 1 N–H and O–H groups in total. The number of likely N-dealkylation sites (N-methyl/N-ethyl adjacent to an activating group) is 1. The van der Waals surface area contributed by atoms with Crippen LogP contribution in [-0.2, 0) is 16.1 Å². The van der Waals surface area contributed by atoms with E-state index in [-0.39, 0.29) is 6.61 Å². The Labute approximate surface area is 139 Å². The fraction of sp³-hybridized carbons (Fsp3) is 0.400. The molecular formula is C15H20NO4S2+. The number of carbonyl (C=O) groups excluding carboxylic acids is 1. The first-order valence-corrected chi connectivity index (χ1v) is 8.46. The summed E-state index contributed by atoms with van der Waals surface area (Å²) >= 11 is 6.72. The van der Waals surface area contributed by atoms with Gasteiger partial charge in [-0.15, -0.1) is 0 Å². The number of hydrogen-bond donors (Lipinski definition) is 1. The fourth-order valence-electron chi connectivity index (χ4n) is 1.81. The number of carboxylic acid groups (broad SMARTS) is 1. The number of aliphatic carboxylic acids is 1. The lowest BCUT2D eigenvalue weighted by Gasteiger charge is -2.32. The lowest BCUT2D eigenvalue weighted by atomic mass is 10.2. The van der Waals surface area contributed by atoms with Crippen LogP contribution in [0.2, 0.25) is 0 Å². The second kappa shape index (κ2) is 8.26. The maximum atomic E-state index is 12.5. The Morgan fingerprint density at radius 1 is 1.36 bits per heavy atom. The molecule has 1 rings (SSSR count). The van der Waals surface area contributed by atoms with E-state index < -0.39 is 22.6 Å². The van der Waals surface area contributed by atoms with Crippen molar-refractivity contribution in [2.75, 3.05) is 19.1 Å². The average Bonchev–Trinajstić information content (AvgIpc) is 2.52. The lowest BCUT2D eigenvalue weighted by molar-refractivity contribution is -0.760. The van der Waals surface area contributed by atoms with Crippen LogP contribution >= 0.6 is 24.0 Å². The molecule has 2 atom stereocenters. The Balaban J connectivity index is 2.93. The molecule has 0 fully saturated rings. The van der Waals surface area contributed by atoms with Gasteiger partial charge in [-0.1, -0.05) is 30.3 Å². The van der Waals surface area contributed by atoms with Crippen molar-refractivity contribution < 1.29 is 23.9 Å². The Morgan fingerprint density at radius 3 is 2.45 bits per heavy atom. The summed E-state index contributed by atoms with van der Waals surface area (Å²) in [5, 5.41) is 9.28. The zero-order chi connectivity index (χ0) is 16.8. The zero-order valence-corrected chi connectivity index (χ0v) is 14.4. The van der Waals surface area contributed by atoms with Crippen LogP contribution in [0, 0.1) is 0 Å². The molecule has 1 amide bonds. The molecule has 1 aromatic rings. The van der Waals surface area contributed by atoms with Crippen LogP contribution in [-0.4, -0.2) is 51.7 Å². The van der Waals surface area contributed by atoms with Gasteiger partial charge in [0, 0.05) is 6.92 Å². The smallest absolute Gasteiger partial charge is 0.477 e. The van der Waals surface area contributed by atoms with Gasteiger partial charge in [0.15, 0.2) is 11.0 Å². The third-order valence-electron chi connectivity index (χ3n) is 3.50. The summed E-state index contributed by atoms with van der Waals surface area (Å²) in [7, 11) is 1.49. The van der Waals surface area contributed by atoms with E-state index in [1.807, 2.05) is 36.6 Å². The van der Waals surface area contributed by atoms with Crippen LogP contribution in [0.15, 0.2) is 30.3 Å². The van der Waals surface area contributed by atoms with Gasteiger partial charge >= 0.3 is 12.1 Å². The number of thioether (sulfide) groups is 1. The minimum absolute atomic E-state index is 0.0851. The molecular weight excluding hydrogens is 322 g/mol. The molecule has 0 heterocycles. The van der Waals surface area contributed by atoms with Crippen LogP contribution in [0.25, 0.3) is 0 Å². The van der Waals surface area contributed by atoms with Gasteiger partial charge in [0.05, 0.1) is 12.8 Å². The molecule has 0 aromatic heterocycles. The van der Waals surface area contributed by atoms with Gasteiger partial charge in [-0.05, 0) is 24.0 Å². The number of ether oxygens (including phenoxy) is 1. The van der Waals surface area contributed by atoms with E-state index in [2.05, 4.69) is 0 Å². The average molecular weight is 342 g/mol. The van der Waals surface area contributed by atoms with Crippen molar-refractivity contribution >= 4 is 41.0 Å². The molecule has 0 aliphatic heterocycles. The van der Waals surface area contributed by atoms with Crippen molar-refractivity contribution in [2.24, 2.45) is 0 Å². The third-order valence-corrected chi connectivity index (χ3v) is 4.77. The van der Waals surface area contributed by atoms with Gasteiger partial charge in [0.1, 0.15) is 6.61 Å². The highest BCUT2D eigenvalue weighted by Gasteiger charge is 2.47. The van der Waals surface area contributed by atoms with Gasteiger partial charge in [-0.25, -0.2) is 4.79 Å². The fourth-order valence-corrected chi connectivity index (χ4v) is 2.91. The first-order valence-electron chi connectivity index (χ1n) is 6.66. The molecule has 0 spiro atoms. The number of carboxylic acids is 1. The van der Waals surface area contributed by atoms with E-state index >= 15 is 0 Å². The monoisotopic (exact) mass is 342 g/mol. The zero-order valence-electron chi connectivity index (χ0n) is 12.8. The maximum Gasteiger partial charge on any atom is 0.522 e. The van der Waals surface area contributed by atoms with E-state index in [1.165, 1.54) is 25.7 Å². The van der Waals surface area contributed by atoms with Crippen molar-refractivity contribution in [3.05, 3.63) is 35.9 Å². The summed E-state index contributed by atoms with van der Waals surface area (Å²) in [6.45, 7) is 1.54. The maximum absolute atomic E-state index is 12.5. The van der Waals surface area contributed by atoms with Crippen molar-refractivity contribution in [2.45, 2.75) is 19.6 Å². The molecule has 0 saturated carbocycles. The number of nitrogens with zero attached hydrogens (tertiary/aromatic N) is 1. The molecule has 0 saturated heterocycles. The predicted octanol–water partition coefficient (Wildman–Crippen LogP) is 2.93. The number of benzene rings is 1. The number of rotatable bonds is 6. The number of thiocarbonyl (C=S) groups is 1. The van der Waals surface area contributed by atoms with Gasteiger partial charge in [0.25, 0.3) is 0 Å². The predicted molar refractivity (Wildman–Crippen MR) is 90.9 cm³/mol. The number of hydrogen-bond acceptors (Lipinski definition) is 5. The molecule has 5 nitrogen and oxygen atoms in total. The Hall–Kier alpha value is -1.44. The van der Waals surface area contributed by atoms with Crippen molar-refractivity contribution in [3.8, 4) is 0 Å². The largest absolute Gasteiger partial charge is 0.522 e. The van der Waals surface area contributed by atoms with E-state index in [9.17, 15) is 14.7 Å². The third kappa shape index (κ3) is 4.28. The van der Waals surface area contributed by atoms with E-state index in [1.54, 1.807) is 0 Å². The number of quaternary nitrogens is 1. The van der Waals surface area contributed by atoms with Gasteiger partial charge < -0.3 is 9.84 Å². The highest BCUT2D eigenvalue weighted by Crippen LogP contribution is 2.19. The molecule has 120 valence electrons. The quantitative estimate of drug-likeness (QED) is 0.633. The molecule has 0 aliphatic carbocycles. The van der Waals surface area contributed by atoms with Crippen LogP contribution in [0.4, 0.5) is 4.79 Å². The summed E-state index contributed by atoms with van der Waals surface area (Å²) in [6, 6.07) is 8.20. The second-order valence-electron chi connectivity index (χ2n) is 4.96. The number of amides is 1. The molecule has 22 heavy (non-hydrogen) atoms. The summed E-state index contributed by atoms with van der Waals surface area (Å²) in [5.74, 6) is -0.688. The van der Waals surface area contributed by atoms with Gasteiger partial charge in [-0.3, -0.25) is 0 Å². The normalized spacial score (nSPS) is 14.7. The topological polar surface area (TPSA) is 63.6 Å². The SMILES string of the molecule is CSCC(=S)[N+](C)(C(=O)OCc1ccccc1)[C@@H](C)C(=O)O. The molecule has 0 radical (unpaired) electrons. The molecule has 1 unspecified atom stereocenters. The minimum Gasteiger partial charge on any atom is -0.477 e. The van der Waals surface area contributed by atoms with E-state index in [4.69, 9.17) is 17.0 Å². The first-order chi connectivity index (χ1) is 10.3. The molecule has 0 bridgehead atoms. The van der Waals surface area contributed by atoms with Crippen LogP contribution < -0.4 is 0 Å². The van der Waals surface area contributed by atoms with Crippen LogP contribution in [0.3, 0.4) is 0 Å². The summed E-state index contributed by atoms with van der Waals surface area (Å²) in [5.41, 5.74) is 0.834. The van der Waals surface area contributed by atoms with Crippen LogP contribution in [0.1, 0.15) is 12.5 Å². The molecule has 1 aromatic carbocycles. The second-order valence-corrected chi connectivity index (χ2v) is 6.29. The first kappa shape index (κ1) is 18.6. The summed E-state index contributed by atoms with van der Waals surface area (Å²) in [4.78, 5) is 24.2. The molecule has 7 heteroatoms. The lowest BCUT2D eigenvalue weighted by Crippen LogP contribution is -2.61. The Kier molecular flexibility index (Phi) is 6.99. The standard InChI is InChI=1S/C15H19NO4S2/c1-11(14(17)18)16(2,13(21)10-22-3)15(19)20-9-12-7-5-4-6-8-12/h4-8,11H,9-10H2,1-3H3/p+1/t11-,16?/m0/s1. The van der Waals surface area contributed by atoms with Crippen molar-refractivity contribution in [1.82, 2.24) is 0 Å².